The molecule has 13 heteroatoms. The highest BCUT2D eigenvalue weighted by Crippen LogP contribution is 2.28. The van der Waals surface area contributed by atoms with Crippen LogP contribution in [0.15, 0.2) is 18.2 Å². The first kappa shape index (κ1) is 26.5. The maximum atomic E-state index is 12.3. The monoisotopic (exact) mass is 468 g/mol. The molecule has 1 aliphatic rings. The summed E-state index contributed by atoms with van der Waals surface area (Å²) in [5.41, 5.74) is 1.68. The van der Waals surface area contributed by atoms with Crippen molar-refractivity contribution in [2.45, 2.75) is 32.5 Å². The Bertz CT molecular complexity index is 871. The molecule has 1 amide bonds. The molecule has 9 nitrogen and oxygen atoms in total. The number of rotatable bonds is 6. The van der Waals surface area contributed by atoms with Gasteiger partial charge in [0.05, 0.1) is 17.6 Å². The first-order valence-corrected chi connectivity index (χ1v) is 11.3. The number of sulfonamides is 1. The number of carbonyl (C=O) groups is 2. The van der Waals surface area contributed by atoms with Gasteiger partial charge in [-0.1, -0.05) is 6.92 Å². The van der Waals surface area contributed by atoms with Crippen molar-refractivity contribution in [1.29, 1.82) is 0 Å². The number of nitrogens with zero attached hydrogens (tertiary/aromatic N) is 1. The molecular weight excluding hydrogens is 441 g/mol. The Kier molecular flexibility index (Phi) is 9.56. The van der Waals surface area contributed by atoms with Gasteiger partial charge in [-0.25, -0.2) is 13.2 Å². The van der Waals surface area contributed by atoms with Crippen LogP contribution >= 0.6 is 0 Å². The molecule has 31 heavy (non-hydrogen) atoms. The number of carboxylic acids is 1. The van der Waals surface area contributed by atoms with Crippen LogP contribution in [0.2, 0.25) is 0 Å². The van der Waals surface area contributed by atoms with E-state index in [0.29, 0.717) is 11.3 Å². The number of benzene rings is 1. The van der Waals surface area contributed by atoms with Crippen LogP contribution in [0.1, 0.15) is 30.6 Å². The average Bonchev–Trinajstić information content (AvgIpc) is 2.67. The van der Waals surface area contributed by atoms with E-state index in [4.69, 9.17) is 9.90 Å². The Morgan fingerprint density at radius 2 is 1.81 bits per heavy atom. The van der Waals surface area contributed by atoms with E-state index in [1.54, 1.807) is 12.1 Å². The third-order valence-electron chi connectivity index (χ3n) is 4.24. The van der Waals surface area contributed by atoms with Crippen LogP contribution in [0.4, 0.5) is 24.5 Å². The zero-order chi connectivity index (χ0) is 23.8. The van der Waals surface area contributed by atoms with Crippen molar-refractivity contribution in [3.63, 3.8) is 0 Å². The normalized spacial score (nSPS) is 15.4. The number of anilines is 2. The molecular formula is C18H27F3N4O5S. The summed E-state index contributed by atoms with van der Waals surface area (Å²) in [7, 11) is -3.43. The van der Waals surface area contributed by atoms with Gasteiger partial charge in [0.15, 0.2) is 0 Å². The number of piperazine rings is 1. The maximum absolute atomic E-state index is 12.3. The summed E-state index contributed by atoms with van der Waals surface area (Å²) in [6.45, 7) is 7.19. The van der Waals surface area contributed by atoms with Crippen molar-refractivity contribution < 1.29 is 36.3 Å². The molecule has 1 aromatic rings. The zero-order valence-electron chi connectivity index (χ0n) is 17.4. The number of halogens is 3. The minimum Gasteiger partial charge on any atom is -0.475 e. The molecule has 4 N–H and O–H groups in total. The van der Waals surface area contributed by atoms with E-state index in [0.717, 1.165) is 44.5 Å². The summed E-state index contributed by atoms with van der Waals surface area (Å²) in [6.07, 6.45) is -3.14. The van der Waals surface area contributed by atoms with Crippen molar-refractivity contribution >= 4 is 33.3 Å². The number of hydrogen-bond acceptors (Lipinski definition) is 6. The van der Waals surface area contributed by atoms with E-state index < -0.39 is 22.2 Å². The van der Waals surface area contributed by atoms with Gasteiger partial charge in [0, 0.05) is 37.8 Å². The number of hydrogen-bond donors (Lipinski definition) is 4. The fraction of sp³-hybridized carbons (Fsp3) is 0.556. The SMILES string of the molecule is CCC(C)NC(=O)c1ccc(N2CCNCC2)c(NS(C)(=O)=O)c1.O=C(O)C(F)(F)F. The molecule has 1 aromatic carbocycles. The van der Waals surface area contributed by atoms with Crippen molar-refractivity contribution in [1.82, 2.24) is 10.6 Å². The molecule has 1 unspecified atom stereocenters. The summed E-state index contributed by atoms with van der Waals surface area (Å²) < 4.78 is 57.7. The molecule has 1 saturated heterocycles. The van der Waals surface area contributed by atoms with Crippen molar-refractivity contribution in [2.75, 3.05) is 42.1 Å². The first-order valence-electron chi connectivity index (χ1n) is 9.43. The Morgan fingerprint density at radius 3 is 2.26 bits per heavy atom. The van der Waals surface area contributed by atoms with Crippen LogP contribution in [-0.2, 0) is 14.8 Å². The van der Waals surface area contributed by atoms with Gasteiger partial charge in [-0.15, -0.1) is 0 Å². The van der Waals surface area contributed by atoms with Gasteiger partial charge >= 0.3 is 12.1 Å². The third-order valence-corrected chi connectivity index (χ3v) is 4.83. The lowest BCUT2D eigenvalue weighted by Gasteiger charge is -2.31. The molecule has 1 aliphatic heterocycles. The molecule has 2 rings (SSSR count). The second-order valence-electron chi connectivity index (χ2n) is 6.93. The summed E-state index contributed by atoms with van der Waals surface area (Å²) in [6, 6.07) is 5.22. The van der Waals surface area contributed by atoms with E-state index >= 15 is 0 Å². The molecule has 0 spiro atoms. The minimum atomic E-state index is -5.08. The standard InChI is InChI=1S/C16H26N4O3S.C2HF3O2/c1-4-12(2)18-16(21)13-5-6-15(20-9-7-17-8-10-20)14(11-13)19-24(3,22)23;3-2(4,5)1(6)7/h5-6,11-12,17,19H,4,7-10H2,1-3H3,(H,18,21);(H,6,7). The van der Waals surface area contributed by atoms with Crippen LogP contribution in [-0.4, -0.2) is 70.1 Å². The molecule has 0 aliphatic carbocycles. The second kappa shape index (κ2) is 11.2. The van der Waals surface area contributed by atoms with Gasteiger partial charge in [-0.05, 0) is 31.5 Å². The fourth-order valence-electron chi connectivity index (χ4n) is 2.55. The van der Waals surface area contributed by atoms with Crippen LogP contribution in [0.5, 0.6) is 0 Å². The topological polar surface area (TPSA) is 128 Å². The Balaban J connectivity index is 0.000000592. The predicted molar refractivity (Wildman–Crippen MR) is 111 cm³/mol. The summed E-state index contributed by atoms with van der Waals surface area (Å²) >= 11 is 0. The number of alkyl halides is 3. The minimum absolute atomic E-state index is 0.0664. The van der Waals surface area contributed by atoms with E-state index in [2.05, 4.69) is 20.3 Å². The van der Waals surface area contributed by atoms with Gasteiger partial charge in [0.2, 0.25) is 10.0 Å². The first-order chi connectivity index (χ1) is 14.2. The highest BCUT2D eigenvalue weighted by molar-refractivity contribution is 7.92. The molecule has 1 atom stereocenters. The van der Waals surface area contributed by atoms with Gasteiger partial charge in [0.25, 0.3) is 5.91 Å². The molecule has 0 radical (unpaired) electrons. The van der Waals surface area contributed by atoms with Gasteiger partial charge < -0.3 is 20.6 Å². The molecule has 1 fully saturated rings. The predicted octanol–water partition coefficient (Wildman–Crippen LogP) is 1.63. The van der Waals surface area contributed by atoms with E-state index in [-0.39, 0.29) is 11.9 Å². The smallest absolute Gasteiger partial charge is 0.475 e. The fourth-order valence-corrected chi connectivity index (χ4v) is 3.11. The number of carbonyl (C=O) groups excluding carboxylic acids is 1. The van der Waals surface area contributed by atoms with Crippen molar-refractivity contribution in [3.8, 4) is 0 Å². The van der Waals surface area contributed by atoms with Crippen LogP contribution in [0, 0.1) is 0 Å². The number of aliphatic carboxylic acids is 1. The number of carboxylic acid groups (broad SMARTS) is 1. The van der Waals surface area contributed by atoms with Gasteiger partial charge in [-0.2, -0.15) is 13.2 Å². The summed E-state index contributed by atoms with van der Waals surface area (Å²) in [5.74, 6) is -2.96. The molecule has 0 aromatic heterocycles. The quantitative estimate of drug-likeness (QED) is 0.500. The van der Waals surface area contributed by atoms with E-state index in [1.807, 2.05) is 19.9 Å². The number of nitrogens with one attached hydrogen (secondary N) is 3. The van der Waals surface area contributed by atoms with Crippen molar-refractivity contribution in [2.24, 2.45) is 0 Å². The molecule has 1 heterocycles. The Labute approximate surface area is 179 Å². The van der Waals surface area contributed by atoms with Gasteiger partial charge in [-0.3, -0.25) is 9.52 Å². The van der Waals surface area contributed by atoms with E-state index in [1.165, 1.54) is 0 Å². The molecule has 0 saturated carbocycles. The molecule has 176 valence electrons. The molecule has 0 bridgehead atoms. The average molecular weight is 468 g/mol. The Morgan fingerprint density at radius 1 is 1.26 bits per heavy atom. The van der Waals surface area contributed by atoms with Gasteiger partial charge in [0.1, 0.15) is 0 Å². The lowest BCUT2D eigenvalue weighted by Crippen LogP contribution is -2.43. The third kappa shape index (κ3) is 9.42. The van der Waals surface area contributed by atoms with Crippen LogP contribution < -0.4 is 20.3 Å². The highest BCUT2D eigenvalue weighted by atomic mass is 32.2. The van der Waals surface area contributed by atoms with E-state index in [9.17, 15) is 26.4 Å². The lowest BCUT2D eigenvalue weighted by molar-refractivity contribution is -0.192. The lowest BCUT2D eigenvalue weighted by atomic mass is 10.1. The second-order valence-corrected chi connectivity index (χ2v) is 8.68. The van der Waals surface area contributed by atoms with Crippen molar-refractivity contribution in [3.05, 3.63) is 23.8 Å². The maximum Gasteiger partial charge on any atom is 0.490 e. The van der Waals surface area contributed by atoms with Crippen LogP contribution in [0.3, 0.4) is 0 Å². The van der Waals surface area contributed by atoms with Crippen LogP contribution in [0.25, 0.3) is 0 Å². The number of amides is 1. The Hall–Kier alpha value is -2.54. The largest absolute Gasteiger partial charge is 0.490 e. The summed E-state index contributed by atoms with van der Waals surface area (Å²) in [4.78, 5) is 23.3. The highest BCUT2D eigenvalue weighted by Gasteiger charge is 2.38. The zero-order valence-corrected chi connectivity index (χ0v) is 18.2. The summed E-state index contributed by atoms with van der Waals surface area (Å²) in [5, 5.41) is 13.3.